The maximum atomic E-state index is 12.5. The fourth-order valence-electron chi connectivity index (χ4n) is 0.904. The normalized spacial score (nSPS) is 8.83. The van der Waals surface area contributed by atoms with Crippen LogP contribution in [-0.4, -0.2) is 5.91 Å². The molecule has 0 saturated carbocycles. The molecule has 0 radical (unpaired) electrons. The number of halogens is 2. The van der Waals surface area contributed by atoms with Crippen molar-refractivity contribution in [1.82, 2.24) is 0 Å². The Balaban J connectivity index is 0.00000121. The van der Waals surface area contributed by atoms with Crippen LogP contribution >= 0.6 is 12.4 Å². The van der Waals surface area contributed by atoms with Gasteiger partial charge in [0, 0.05) is 5.56 Å². The molecule has 0 atom stereocenters. The van der Waals surface area contributed by atoms with Gasteiger partial charge in [-0.2, -0.15) is 0 Å². The highest BCUT2D eigenvalue weighted by atomic mass is 35.5. The molecule has 0 saturated heterocycles. The van der Waals surface area contributed by atoms with Crippen molar-refractivity contribution in [2.45, 2.75) is 6.92 Å². The molecular weight excluding hydrogens is 181 g/mol. The van der Waals surface area contributed by atoms with E-state index in [9.17, 15) is 9.18 Å². The van der Waals surface area contributed by atoms with Gasteiger partial charge in [-0.05, 0) is 30.7 Å². The molecule has 2 nitrogen and oxygen atoms in total. The quantitative estimate of drug-likeness (QED) is 0.718. The number of amides is 1. The summed E-state index contributed by atoms with van der Waals surface area (Å²) < 4.78 is 12.5. The molecule has 12 heavy (non-hydrogen) atoms. The summed E-state index contributed by atoms with van der Waals surface area (Å²) in [4.78, 5) is 10.6. The zero-order valence-corrected chi connectivity index (χ0v) is 7.32. The van der Waals surface area contributed by atoms with E-state index in [4.69, 9.17) is 5.73 Å². The van der Waals surface area contributed by atoms with Crippen LogP contribution in [0.1, 0.15) is 15.9 Å². The predicted molar refractivity (Wildman–Crippen MR) is 46.9 cm³/mol. The lowest BCUT2D eigenvalue weighted by molar-refractivity contribution is 0.0999. The molecule has 1 rings (SSSR count). The first-order chi connectivity index (χ1) is 5.11. The molecule has 0 aliphatic heterocycles. The van der Waals surface area contributed by atoms with Gasteiger partial charge >= 0.3 is 0 Å². The van der Waals surface area contributed by atoms with Crippen molar-refractivity contribution in [3.63, 3.8) is 0 Å². The van der Waals surface area contributed by atoms with Crippen LogP contribution in [0.25, 0.3) is 0 Å². The number of hydrogen-bond donors (Lipinski definition) is 1. The molecule has 1 aromatic carbocycles. The van der Waals surface area contributed by atoms with Gasteiger partial charge in [-0.25, -0.2) is 4.39 Å². The first kappa shape index (κ1) is 10.9. The number of nitrogens with two attached hydrogens (primary N) is 1. The number of hydrogen-bond acceptors (Lipinski definition) is 1. The highest BCUT2D eigenvalue weighted by Crippen LogP contribution is 2.08. The van der Waals surface area contributed by atoms with Crippen molar-refractivity contribution in [3.8, 4) is 0 Å². The van der Waals surface area contributed by atoms with Crippen LogP contribution in [0, 0.1) is 12.7 Å². The Morgan fingerprint density at radius 2 is 2.08 bits per heavy atom. The Hall–Kier alpha value is -1.09. The van der Waals surface area contributed by atoms with E-state index < -0.39 is 5.91 Å². The van der Waals surface area contributed by atoms with Crippen LogP contribution in [0.2, 0.25) is 0 Å². The lowest BCUT2D eigenvalue weighted by atomic mass is 10.1. The molecule has 0 spiro atoms. The third-order valence-corrected chi connectivity index (χ3v) is 1.45. The van der Waals surface area contributed by atoms with Gasteiger partial charge in [0.1, 0.15) is 5.82 Å². The Morgan fingerprint density at radius 1 is 1.50 bits per heavy atom. The molecule has 2 N–H and O–H groups in total. The molecule has 0 aliphatic carbocycles. The zero-order valence-electron chi connectivity index (χ0n) is 6.50. The highest BCUT2D eigenvalue weighted by molar-refractivity contribution is 5.94. The fourth-order valence-corrected chi connectivity index (χ4v) is 0.904. The molecular formula is C8H9ClFNO. The number of carbonyl (C=O) groups excluding carboxylic acids is 1. The van der Waals surface area contributed by atoms with Crippen molar-refractivity contribution >= 4 is 18.3 Å². The minimum Gasteiger partial charge on any atom is -0.366 e. The Labute approximate surface area is 76.0 Å². The molecule has 1 aromatic rings. The molecule has 0 fully saturated rings. The third kappa shape index (κ3) is 2.20. The molecule has 0 aromatic heterocycles. The summed E-state index contributed by atoms with van der Waals surface area (Å²) in [6.07, 6.45) is 0. The minimum absolute atomic E-state index is 0. The number of aryl methyl sites for hydroxylation is 1. The molecule has 0 bridgehead atoms. The van der Waals surface area contributed by atoms with Gasteiger partial charge in [-0.1, -0.05) is 0 Å². The van der Waals surface area contributed by atoms with Gasteiger partial charge in [-0.15, -0.1) is 12.4 Å². The Morgan fingerprint density at radius 3 is 2.50 bits per heavy atom. The topological polar surface area (TPSA) is 43.1 Å². The monoisotopic (exact) mass is 189 g/mol. The third-order valence-electron chi connectivity index (χ3n) is 1.45. The second kappa shape index (κ2) is 4.07. The fraction of sp³-hybridized carbons (Fsp3) is 0.125. The first-order valence-corrected chi connectivity index (χ1v) is 3.17. The van der Waals surface area contributed by atoms with Crippen LogP contribution in [0.3, 0.4) is 0 Å². The lowest BCUT2D eigenvalue weighted by Crippen LogP contribution is -2.12. The lowest BCUT2D eigenvalue weighted by Gasteiger charge is -1.99. The van der Waals surface area contributed by atoms with Gasteiger partial charge in [-0.3, -0.25) is 4.79 Å². The van der Waals surface area contributed by atoms with Crippen LogP contribution in [-0.2, 0) is 0 Å². The van der Waals surface area contributed by atoms with Crippen LogP contribution in [0.15, 0.2) is 18.2 Å². The van der Waals surface area contributed by atoms with Crippen LogP contribution in [0.5, 0.6) is 0 Å². The zero-order chi connectivity index (χ0) is 8.43. The van der Waals surface area contributed by atoms with E-state index in [0.717, 1.165) is 0 Å². The summed E-state index contributed by atoms with van der Waals surface area (Å²) in [6.45, 7) is 1.64. The van der Waals surface area contributed by atoms with E-state index in [1.54, 1.807) is 6.92 Å². The van der Waals surface area contributed by atoms with E-state index in [1.165, 1.54) is 18.2 Å². The maximum Gasteiger partial charge on any atom is 0.248 e. The SMILES string of the molecule is Cc1cc(F)ccc1C(N)=O.Cl. The summed E-state index contributed by atoms with van der Waals surface area (Å²) >= 11 is 0. The molecule has 0 aliphatic rings. The van der Waals surface area contributed by atoms with E-state index in [-0.39, 0.29) is 18.2 Å². The Bertz CT molecular complexity index is 301. The predicted octanol–water partition coefficient (Wildman–Crippen LogP) is 1.65. The Kier molecular flexibility index (Phi) is 3.70. The smallest absolute Gasteiger partial charge is 0.248 e. The number of rotatable bonds is 1. The summed E-state index contributed by atoms with van der Waals surface area (Å²) in [7, 11) is 0. The highest BCUT2D eigenvalue weighted by Gasteiger charge is 2.03. The van der Waals surface area contributed by atoms with Gasteiger partial charge in [0.15, 0.2) is 0 Å². The maximum absolute atomic E-state index is 12.5. The largest absolute Gasteiger partial charge is 0.366 e. The molecule has 4 heteroatoms. The minimum atomic E-state index is -0.525. The van der Waals surface area contributed by atoms with Crippen molar-refractivity contribution < 1.29 is 9.18 Å². The second-order valence-electron chi connectivity index (χ2n) is 2.32. The average molecular weight is 190 g/mol. The standard InChI is InChI=1S/C8H8FNO.ClH/c1-5-4-6(9)2-3-7(5)8(10)11;/h2-4H,1H3,(H2,10,11);1H. The molecule has 1 amide bonds. The van der Waals surface area contributed by atoms with E-state index in [2.05, 4.69) is 0 Å². The number of benzene rings is 1. The summed E-state index contributed by atoms with van der Waals surface area (Å²) in [5.41, 5.74) is 5.94. The first-order valence-electron chi connectivity index (χ1n) is 3.17. The van der Waals surface area contributed by atoms with Crippen molar-refractivity contribution in [3.05, 3.63) is 35.1 Å². The average Bonchev–Trinajstić information content (AvgIpc) is 1.85. The second-order valence-corrected chi connectivity index (χ2v) is 2.32. The molecule has 0 unspecified atom stereocenters. The summed E-state index contributed by atoms with van der Waals surface area (Å²) in [5, 5.41) is 0. The summed E-state index contributed by atoms with van der Waals surface area (Å²) in [6, 6.07) is 3.88. The van der Waals surface area contributed by atoms with Gasteiger partial charge in [0.25, 0.3) is 0 Å². The number of primary amides is 1. The molecule has 0 heterocycles. The number of carbonyl (C=O) groups is 1. The van der Waals surface area contributed by atoms with E-state index in [0.29, 0.717) is 11.1 Å². The van der Waals surface area contributed by atoms with Gasteiger partial charge in [0.2, 0.25) is 5.91 Å². The van der Waals surface area contributed by atoms with Gasteiger partial charge < -0.3 is 5.73 Å². The van der Waals surface area contributed by atoms with Gasteiger partial charge in [0.05, 0.1) is 0 Å². The molecule has 66 valence electrons. The van der Waals surface area contributed by atoms with Crippen molar-refractivity contribution in [2.24, 2.45) is 5.73 Å². The van der Waals surface area contributed by atoms with E-state index in [1.807, 2.05) is 0 Å². The van der Waals surface area contributed by atoms with Crippen LogP contribution < -0.4 is 5.73 Å². The van der Waals surface area contributed by atoms with Crippen LogP contribution in [0.4, 0.5) is 4.39 Å². The summed E-state index contributed by atoms with van der Waals surface area (Å²) in [5.74, 6) is -0.880. The van der Waals surface area contributed by atoms with E-state index >= 15 is 0 Å². The van der Waals surface area contributed by atoms with Crippen molar-refractivity contribution in [2.75, 3.05) is 0 Å². The van der Waals surface area contributed by atoms with Crippen molar-refractivity contribution in [1.29, 1.82) is 0 Å².